The molecule has 0 saturated carbocycles. The fraction of sp³-hybridized carbons (Fsp3) is 0.939. The highest BCUT2D eigenvalue weighted by Crippen LogP contribution is 2.36. The van der Waals surface area contributed by atoms with Crippen molar-refractivity contribution in [1.82, 2.24) is 15.1 Å². The van der Waals surface area contributed by atoms with E-state index in [1.165, 1.54) is 18.7 Å². The zero-order valence-corrected chi connectivity index (χ0v) is 30.0. The number of aliphatic hydroxyl groups is 5. The second-order valence-electron chi connectivity index (χ2n) is 14.9. The third-order valence-electron chi connectivity index (χ3n) is 9.84. The summed E-state index contributed by atoms with van der Waals surface area (Å²) in [7, 11) is 3.70. The Kier molecular flexibility index (Phi) is 14.3. The highest BCUT2D eigenvalue weighted by atomic mass is 16.7. The first-order valence-corrected chi connectivity index (χ1v) is 16.8. The van der Waals surface area contributed by atoms with E-state index in [-0.39, 0.29) is 43.5 Å². The van der Waals surface area contributed by atoms with Gasteiger partial charge in [0.25, 0.3) is 0 Å². The van der Waals surface area contributed by atoms with Gasteiger partial charge in [0.1, 0.15) is 23.9 Å². The van der Waals surface area contributed by atoms with Crippen LogP contribution in [0.15, 0.2) is 0 Å². The van der Waals surface area contributed by atoms with E-state index in [9.17, 15) is 35.1 Å². The molecule has 0 spiro atoms. The summed E-state index contributed by atoms with van der Waals surface area (Å²) in [6, 6.07) is -1.89. The molecule has 0 aromatic carbocycles. The van der Waals surface area contributed by atoms with E-state index < -0.39 is 77.9 Å². The zero-order chi connectivity index (χ0) is 35.5. The average molecular weight is 662 g/mol. The van der Waals surface area contributed by atoms with Crippen molar-refractivity contribution in [3.8, 4) is 0 Å². The Morgan fingerprint density at radius 1 is 1.09 bits per heavy atom. The van der Waals surface area contributed by atoms with E-state index in [0.29, 0.717) is 6.42 Å². The highest BCUT2D eigenvalue weighted by molar-refractivity contribution is 5.75. The van der Waals surface area contributed by atoms with Crippen LogP contribution in [0.2, 0.25) is 0 Å². The lowest BCUT2D eigenvalue weighted by Gasteiger charge is -2.46. The number of aliphatic hydroxyl groups excluding tert-OH is 3. The Balaban J connectivity index is 2.64. The van der Waals surface area contributed by atoms with E-state index in [0.717, 1.165) is 0 Å². The van der Waals surface area contributed by atoms with Gasteiger partial charge in [0.05, 0.1) is 35.9 Å². The Labute approximate surface area is 275 Å². The van der Waals surface area contributed by atoms with Crippen molar-refractivity contribution in [2.75, 3.05) is 20.6 Å². The summed E-state index contributed by atoms with van der Waals surface area (Å²) in [5.41, 5.74) is -3.61. The minimum absolute atomic E-state index is 0.0747. The van der Waals surface area contributed by atoms with E-state index >= 15 is 0 Å². The van der Waals surface area contributed by atoms with Crippen LogP contribution in [0.5, 0.6) is 0 Å². The number of hydrogen-bond acceptors (Lipinski definition) is 11. The van der Waals surface area contributed by atoms with Crippen LogP contribution in [-0.2, 0) is 19.0 Å². The second kappa shape index (κ2) is 16.2. The summed E-state index contributed by atoms with van der Waals surface area (Å²) < 4.78 is 18.2. The molecule has 2 fully saturated rings. The van der Waals surface area contributed by atoms with Crippen LogP contribution in [0.3, 0.4) is 0 Å². The molecule has 2 aliphatic rings. The molecule has 6 N–H and O–H groups in total. The SMILES string of the molecule is CC[C@H]1OC(=O)[C@H](C)[C@@H](O)[C@H](C)[C@@H](O[C@@H]2O[C@H](C)C[C@H](N(C)C)[C@H]2O)[C@](C)(O)C[C@@H](C)CN(C(=O)NC(C)C)[C@H](C)[C@@H](O)[C@]1(C)O. The number of nitrogens with one attached hydrogen (secondary N) is 1. The van der Waals surface area contributed by atoms with Gasteiger partial charge in [-0.2, -0.15) is 0 Å². The Hall–Kier alpha value is -1.58. The van der Waals surface area contributed by atoms with Crippen molar-refractivity contribution in [3.63, 3.8) is 0 Å². The number of esters is 1. The molecule has 2 heterocycles. The number of carbonyl (C=O) groups excluding carboxylic acids is 2. The lowest BCUT2D eigenvalue weighted by Crippen LogP contribution is -2.62. The fourth-order valence-corrected chi connectivity index (χ4v) is 7.11. The van der Waals surface area contributed by atoms with Crippen LogP contribution in [0.1, 0.15) is 88.5 Å². The fourth-order valence-electron chi connectivity index (χ4n) is 7.11. The van der Waals surface area contributed by atoms with Gasteiger partial charge in [0.2, 0.25) is 0 Å². The molecule has 46 heavy (non-hydrogen) atoms. The van der Waals surface area contributed by atoms with Crippen LogP contribution in [0.25, 0.3) is 0 Å². The summed E-state index contributed by atoms with van der Waals surface area (Å²) >= 11 is 0. The van der Waals surface area contributed by atoms with Gasteiger partial charge in [-0.25, -0.2) is 4.79 Å². The molecule has 0 aromatic rings. The van der Waals surface area contributed by atoms with Crippen LogP contribution in [-0.4, -0.2) is 140 Å². The quantitative estimate of drug-likeness (QED) is 0.235. The number of ether oxygens (including phenoxy) is 3. The number of amides is 2. The predicted octanol–water partition coefficient (Wildman–Crippen LogP) is 1.46. The van der Waals surface area contributed by atoms with E-state index in [1.54, 1.807) is 27.7 Å². The lowest BCUT2D eigenvalue weighted by molar-refractivity contribution is -0.299. The van der Waals surface area contributed by atoms with Crippen molar-refractivity contribution >= 4 is 12.0 Å². The van der Waals surface area contributed by atoms with Crippen molar-refractivity contribution in [2.45, 2.75) is 161 Å². The van der Waals surface area contributed by atoms with Crippen LogP contribution < -0.4 is 5.32 Å². The van der Waals surface area contributed by atoms with Crippen LogP contribution in [0, 0.1) is 17.8 Å². The second-order valence-corrected chi connectivity index (χ2v) is 14.9. The molecule has 0 aliphatic carbocycles. The number of rotatable bonds is 5. The molecular weight excluding hydrogens is 598 g/mol. The molecule has 2 saturated heterocycles. The molecule has 0 bridgehead atoms. The van der Waals surface area contributed by atoms with Crippen molar-refractivity contribution < 1.29 is 49.3 Å². The molecule has 2 aliphatic heterocycles. The van der Waals surface area contributed by atoms with Gasteiger partial charge in [-0.1, -0.05) is 20.8 Å². The number of cyclic esters (lactones) is 1. The summed E-state index contributed by atoms with van der Waals surface area (Å²) in [5, 5.41) is 60.8. The number of likely N-dealkylation sites (N-methyl/N-ethyl adjacent to an activating group) is 1. The Morgan fingerprint density at radius 3 is 2.20 bits per heavy atom. The van der Waals surface area contributed by atoms with Gasteiger partial charge in [-0.3, -0.25) is 4.79 Å². The predicted molar refractivity (Wildman–Crippen MR) is 173 cm³/mol. The summed E-state index contributed by atoms with van der Waals surface area (Å²) in [4.78, 5) is 30.2. The molecule has 270 valence electrons. The topological polar surface area (TPSA) is 181 Å². The van der Waals surface area contributed by atoms with E-state index in [1.807, 2.05) is 46.7 Å². The maximum atomic E-state index is 13.5. The first kappa shape index (κ1) is 40.6. The van der Waals surface area contributed by atoms with E-state index in [4.69, 9.17) is 14.2 Å². The molecule has 0 radical (unpaired) electrons. The molecule has 0 unspecified atom stereocenters. The van der Waals surface area contributed by atoms with Crippen LogP contribution >= 0.6 is 0 Å². The summed E-state index contributed by atoms with van der Waals surface area (Å²) in [5.74, 6) is -3.17. The Bertz CT molecular complexity index is 995. The zero-order valence-electron chi connectivity index (χ0n) is 30.0. The third-order valence-corrected chi connectivity index (χ3v) is 9.84. The maximum Gasteiger partial charge on any atom is 0.317 e. The van der Waals surface area contributed by atoms with Crippen molar-refractivity contribution in [1.29, 1.82) is 0 Å². The molecule has 13 nitrogen and oxygen atoms in total. The minimum atomic E-state index is -1.95. The first-order valence-electron chi connectivity index (χ1n) is 16.8. The van der Waals surface area contributed by atoms with Gasteiger partial charge in [-0.05, 0) is 87.7 Å². The number of carbonyl (C=O) groups is 2. The highest BCUT2D eigenvalue weighted by Gasteiger charge is 2.50. The van der Waals surface area contributed by atoms with Crippen molar-refractivity contribution in [3.05, 3.63) is 0 Å². The Morgan fingerprint density at radius 2 is 1.67 bits per heavy atom. The molecule has 14 atom stereocenters. The van der Waals surface area contributed by atoms with Gasteiger partial charge in [-0.15, -0.1) is 0 Å². The molecule has 0 aromatic heterocycles. The van der Waals surface area contributed by atoms with E-state index in [2.05, 4.69) is 5.32 Å². The van der Waals surface area contributed by atoms with Crippen molar-refractivity contribution in [2.24, 2.45) is 17.8 Å². The maximum absolute atomic E-state index is 13.5. The normalized spacial score (nSPS) is 44.0. The standard InChI is InChI=1S/C33H63N3O10/c1-13-24-33(10,43)27(39)22(8)36(31(41)34-17(2)3)16-18(4)15-32(9,42)28(20(6)25(37)21(7)29(40)45-24)46-30-26(38)23(35(11)12)14-19(5)44-30/h17-28,30,37-39,42-43H,13-16H2,1-12H3,(H,34,41)/t18-,19-,20+,21-,22-,23+,24-,25+,26-,27-,28-,30+,32-,33-/m1/s1. The minimum Gasteiger partial charge on any atom is -0.459 e. The smallest absolute Gasteiger partial charge is 0.317 e. The average Bonchev–Trinajstić information content (AvgIpc) is 2.95. The number of nitrogens with zero attached hydrogens (tertiary/aromatic N) is 2. The lowest BCUT2D eigenvalue weighted by atomic mass is 9.78. The van der Waals surface area contributed by atoms with Gasteiger partial charge in [0.15, 0.2) is 6.29 Å². The monoisotopic (exact) mass is 661 g/mol. The van der Waals surface area contributed by atoms with Gasteiger partial charge < -0.3 is 54.9 Å². The summed E-state index contributed by atoms with van der Waals surface area (Å²) in [6.07, 6.45) is -6.86. The van der Waals surface area contributed by atoms with Gasteiger partial charge in [0, 0.05) is 24.5 Å². The molecule has 2 rings (SSSR count). The van der Waals surface area contributed by atoms with Gasteiger partial charge >= 0.3 is 12.0 Å². The molecule has 2 amide bonds. The molecular formula is C33H63N3O10. The summed E-state index contributed by atoms with van der Waals surface area (Å²) in [6.45, 7) is 16.8. The van der Waals surface area contributed by atoms with Crippen LogP contribution in [0.4, 0.5) is 4.79 Å². The number of urea groups is 1. The number of hydrogen-bond donors (Lipinski definition) is 6. The molecule has 13 heteroatoms. The third kappa shape index (κ3) is 9.52. The largest absolute Gasteiger partial charge is 0.459 e. The first-order chi connectivity index (χ1) is 21.1.